The summed E-state index contributed by atoms with van der Waals surface area (Å²) in [6, 6.07) is 0. The summed E-state index contributed by atoms with van der Waals surface area (Å²) in [6.45, 7) is 4.15. The van der Waals surface area contributed by atoms with E-state index in [1.54, 1.807) is 0 Å². The van der Waals surface area contributed by atoms with Crippen LogP contribution in [0.2, 0.25) is 0 Å². The highest BCUT2D eigenvalue weighted by Gasteiger charge is 2.19. The third-order valence-electron chi connectivity index (χ3n) is 2.53. The van der Waals surface area contributed by atoms with Gasteiger partial charge in [0.1, 0.15) is 5.78 Å². The zero-order chi connectivity index (χ0) is 8.81. The second-order valence-corrected chi connectivity index (χ2v) is 3.61. The fourth-order valence-electron chi connectivity index (χ4n) is 1.68. The smallest absolute Gasteiger partial charge is 0.137 e. The van der Waals surface area contributed by atoms with Gasteiger partial charge in [-0.25, -0.2) is 0 Å². The molecular weight excluding hydrogens is 150 g/mol. The first-order valence-corrected chi connectivity index (χ1v) is 5.08. The van der Waals surface area contributed by atoms with Gasteiger partial charge in [0.2, 0.25) is 0 Å². The standard InChI is InChI=1S/C10H19NO/c1-2-3-6-10(12)9-5-4-7-11-8-9/h9,11H,2-8H2,1H3/t9-/m0/s1. The molecule has 0 radical (unpaired) electrons. The van der Waals surface area contributed by atoms with Crippen molar-refractivity contribution in [3.8, 4) is 0 Å². The summed E-state index contributed by atoms with van der Waals surface area (Å²) < 4.78 is 0. The Morgan fingerprint density at radius 2 is 2.42 bits per heavy atom. The Hall–Kier alpha value is -0.370. The van der Waals surface area contributed by atoms with Gasteiger partial charge < -0.3 is 5.32 Å². The average Bonchev–Trinajstić information content (AvgIpc) is 2.15. The molecule has 1 saturated heterocycles. The van der Waals surface area contributed by atoms with Crippen LogP contribution in [-0.4, -0.2) is 18.9 Å². The minimum absolute atomic E-state index is 0.324. The van der Waals surface area contributed by atoms with Crippen LogP contribution in [-0.2, 0) is 4.79 Å². The zero-order valence-corrected chi connectivity index (χ0v) is 7.94. The highest BCUT2D eigenvalue weighted by molar-refractivity contribution is 5.81. The molecule has 0 saturated carbocycles. The van der Waals surface area contributed by atoms with Gasteiger partial charge in [-0.3, -0.25) is 4.79 Å². The number of unbranched alkanes of at least 4 members (excludes halogenated alkanes) is 1. The van der Waals surface area contributed by atoms with Crippen LogP contribution in [0.3, 0.4) is 0 Å². The lowest BCUT2D eigenvalue weighted by Gasteiger charge is -2.21. The minimum Gasteiger partial charge on any atom is -0.316 e. The lowest BCUT2D eigenvalue weighted by molar-refractivity contribution is -0.123. The topological polar surface area (TPSA) is 29.1 Å². The van der Waals surface area contributed by atoms with E-state index in [9.17, 15) is 4.79 Å². The Labute approximate surface area is 74.7 Å². The third-order valence-corrected chi connectivity index (χ3v) is 2.53. The number of ketones is 1. The summed E-state index contributed by atoms with van der Waals surface area (Å²) in [7, 11) is 0. The molecule has 1 heterocycles. The van der Waals surface area contributed by atoms with Crippen LogP contribution in [0.15, 0.2) is 0 Å². The van der Waals surface area contributed by atoms with E-state index < -0.39 is 0 Å². The number of carbonyl (C=O) groups is 1. The normalized spacial score (nSPS) is 23.9. The average molecular weight is 169 g/mol. The molecule has 0 unspecified atom stereocenters. The van der Waals surface area contributed by atoms with Crippen LogP contribution in [0.5, 0.6) is 0 Å². The van der Waals surface area contributed by atoms with Crippen molar-refractivity contribution in [2.45, 2.75) is 39.0 Å². The summed E-state index contributed by atoms with van der Waals surface area (Å²) in [5.41, 5.74) is 0. The van der Waals surface area contributed by atoms with Crippen LogP contribution in [0.1, 0.15) is 39.0 Å². The van der Waals surface area contributed by atoms with Crippen LogP contribution in [0, 0.1) is 5.92 Å². The van der Waals surface area contributed by atoms with E-state index >= 15 is 0 Å². The Bertz CT molecular complexity index is 139. The lowest BCUT2D eigenvalue weighted by Crippen LogP contribution is -2.34. The van der Waals surface area contributed by atoms with Crippen LogP contribution >= 0.6 is 0 Å². The molecule has 0 amide bonds. The molecule has 2 heteroatoms. The first kappa shape index (κ1) is 9.72. The first-order chi connectivity index (χ1) is 5.84. The van der Waals surface area contributed by atoms with Crippen molar-refractivity contribution in [3.05, 3.63) is 0 Å². The maximum atomic E-state index is 11.5. The quantitative estimate of drug-likeness (QED) is 0.694. The largest absolute Gasteiger partial charge is 0.316 e. The summed E-state index contributed by atoms with van der Waals surface area (Å²) in [4.78, 5) is 11.5. The van der Waals surface area contributed by atoms with E-state index in [0.717, 1.165) is 38.8 Å². The maximum absolute atomic E-state index is 11.5. The number of rotatable bonds is 4. The molecule has 1 fully saturated rings. The number of Topliss-reactive ketones (excluding diaryl/α,β-unsaturated/α-hetero) is 1. The first-order valence-electron chi connectivity index (χ1n) is 5.08. The van der Waals surface area contributed by atoms with Crippen LogP contribution < -0.4 is 5.32 Å². The number of hydrogen-bond donors (Lipinski definition) is 1. The number of hydrogen-bond acceptors (Lipinski definition) is 2. The van der Waals surface area contributed by atoms with E-state index in [0.29, 0.717) is 11.7 Å². The van der Waals surface area contributed by atoms with Gasteiger partial charge in [0.05, 0.1) is 0 Å². The maximum Gasteiger partial charge on any atom is 0.137 e. The predicted octanol–water partition coefficient (Wildman–Crippen LogP) is 1.75. The van der Waals surface area contributed by atoms with E-state index in [1.807, 2.05) is 0 Å². The highest BCUT2D eigenvalue weighted by Crippen LogP contribution is 2.14. The molecule has 0 aliphatic carbocycles. The van der Waals surface area contributed by atoms with Crippen molar-refractivity contribution in [1.29, 1.82) is 0 Å². The van der Waals surface area contributed by atoms with Gasteiger partial charge in [-0.15, -0.1) is 0 Å². The summed E-state index contributed by atoms with van der Waals surface area (Å²) in [5.74, 6) is 0.800. The van der Waals surface area contributed by atoms with Crippen molar-refractivity contribution < 1.29 is 4.79 Å². The van der Waals surface area contributed by atoms with E-state index in [2.05, 4.69) is 12.2 Å². The molecule has 0 bridgehead atoms. The van der Waals surface area contributed by atoms with Crippen LogP contribution in [0.25, 0.3) is 0 Å². The molecule has 2 nitrogen and oxygen atoms in total. The fourth-order valence-corrected chi connectivity index (χ4v) is 1.68. The molecule has 1 N–H and O–H groups in total. The lowest BCUT2D eigenvalue weighted by atomic mass is 9.92. The van der Waals surface area contributed by atoms with Crippen molar-refractivity contribution in [3.63, 3.8) is 0 Å². The van der Waals surface area contributed by atoms with Crippen molar-refractivity contribution in [2.75, 3.05) is 13.1 Å². The minimum atomic E-state index is 0.324. The second-order valence-electron chi connectivity index (χ2n) is 3.61. The third kappa shape index (κ3) is 2.94. The second kappa shape index (κ2) is 5.31. The number of piperidine rings is 1. The van der Waals surface area contributed by atoms with Gasteiger partial charge >= 0.3 is 0 Å². The van der Waals surface area contributed by atoms with Crippen LogP contribution in [0.4, 0.5) is 0 Å². The highest BCUT2D eigenvalue weighted by atomic mass is 16.1. The van der Waals surface area contributed by atoms with E-state index in [-0.39, 0.29) is 0 Å². The molecule has 0 aromatic carbocycles. The molecule has 1 aliphatic rings. The van der Waals surface area contributed by atoms with Gasteiger partial charge in [-0.2, -0.15) is 0 Å². The summed E-state index contributed by atoms with van der Waals surface area (Å²) in [6.07, 6.45) is 5.27. The zero-order valence-electron chi connectivity index (χ0n) is 7.94. The Morgan fingerprint density at radius 3 is 3.00 bits per heavy atom. The molecule has 1 aliphatic heterocycles. The molecule has 0 spiro atoms. The van der Waals surface area contributed by atoms with Gasteiger partial charge in [0.25, 0.3) is 0 Å². The Kier molecular flexibility index (Phi) is 4.30. The molecular formula is C10H19NO. The summed E-state index contributed by atoms with van der Waals surface area (Å²) >= 11 is 0. The number of nitrogens with one attached hydrogen (secondary N) is 1. The molecule has 0 aromatic rings. The summed E-state index contributed by atoms with van der Waals surface area (Å²) in [5, 5.41) is 3.27. The van der Waals surface area contributed by atoms with E-state index in [1.165, 1.54) is 6.42 Å². The number of carbonyl (C=O) groups excluding carboxylic acids is 1. The van der Waals surface area contributed by atoms with Crippen molar-refractivity contribution in [2.24, 2.45) is 5.92 Å². The fraction of sp³-hybridized carbons (Fsp3) is 0.900. The molecule has 0 aromatic heterocycles. The molecule has 70 valence electrons. The van der Waals surface area contributed by atoms with Gasteiger partial charge in [-0.1, -0.05) is 13.3 Å². The SMILES string of the molecule is CCCCC(=O)[C@H]1CCCNC1. The van der Waals surface area contributed by atoms with Gasteiger partial charge in [0.15, 0.2) is 0 Å². The monoisotopic (exact) mass is 169 g/mol. The van der Waals surface area contributed by atoms with Crippen molar-refractivity contribution in [1.82, 2.24) is 5.32 Å². The van der Waals surface area contributed by atoms with Crippen molar-refractivity contribution >= 4 is 5.78 Å². The Morgan fingerprint density at radius 1 is 1.58 bits per heavy atom. The van der Waals surface area contributed by atoms with E-state index in [4.69, 9.17) is 0 Å². The molecule has 1 atom stereocenters. The predicted molar refractivity (Wildman–Crippen MR) is 50.1 cm³/mol. The molecule has 1 rings (SSSR count). The van der Waals surface area contributed by atoms with Gasteiger partial charge in [0, 0.05) is 18.9 Å². The van der Waals surface area contributed by atoms with Gasteiger partial charge in [-0.05, 0) is 25.8 Å². The molecule has 12 heavy (non-hydrogen) atoms. The Balaban J connectivity index is 2.20.